The molecule has 0 aliphatic rings. The van der Waals surface area contributed by atoms with E-state index >= 15 is 0 Å². The number of hydrogen-bond acceptors (Lipinski definition) is 5. The van der Waals surface area contributed by atoms with Crippen LogP contribution in [0.1, 0.15) is 12.6 Å². The van der Waals surface area contributed by atoms with E-state index in [0.29, 0.717) is 12.2 Å². The molecule has 2 rings (SSSR count). The van der Waals surface area contributed by atoms with Crippen molar-refractivity contribution in [3.05, 3.63) is 48.4 Å². The van der Waals surface area contributed by atoms with Crippen LogP contribution in [0.4, 0.5) is 5.82 Å². The van der Waals surface area contributed by atoms with Crippen molar-refractivity contribution in [3.63, 3.8) is 0 Å². The molecule has 2 N–H and O–H groups in total. The van der Waals surface area contributed by atoms with Gasteiger partial charge in [0.25, 0.3) is 0 Å². The lowest BCUT2D eigenvalue weighted by atomic mass is 10.3. The zero-order valence-corrected chi connectivity index (χ0v) is 11.9. The molecule has 20 heavy (non-hydrogen) atoms. The number of anilines is 1. The van der Waals surface area contributed by atoms with E-state index in [0.717, 1.165) is 0 Å². The molecule has 0 radical (unpaired) electrons. The molecule has 0 saturated carbocycles. The lowest BCUT2D eigenvalue weighted by Crippen LogP contribution is -2.30. The van der Waals surface area contributed by atoms with Gasteiger partial charge in [-0.05, 0) is 24.3 Å². The minimum absolute atomic E-state index is 0.129. The Morgan fingerprint density at radius 3 is 2.55 bits per heavy atom. The molecule has 0 aromatic carbocycles. The van der Waals surface area contributed by atoms with Crippen LogP contribution in [0.3, 0.4) is 0 Å². The van der Waals surface area contributed by atoms with Gasteiger partial charge in [-0.3, -0.25) is 4.98 Å². The highest BCUT2D eigenvalue weighted by Gasteiger charge is 2.23. The summed E-state index contributed by atoms with van der Waals surface area (Å²) in [7, 11) is -3.59. The van der Waals surface area contributed by atoms with Crippen LogP contribution in [0.5, 0.6) is 0 Å². The third-order valence-electron chi connectivity index (χ3n) is 2.81. The largest absolute Gasteiger partial charge is 0.384 e. The average molecular weight is 292 g/mol. The highest BCUT2D eigenvalue weighted by molar-refractivity contribution is 7.89. The predicted molar refractivity (Wildman–Crippen MR) is 76.2 cm³/mol. The smallest absolute Gasteiger partial charge is 0.244 e. The second-order valence-electron chi connectivity index (χ2n) is 4.17. The van der Waals surface area contributed by atoms with Crippen molar-refractivity contribution in [1.29, 1.82) is 0 Å². The maximum absolute atomic E-state index is 12.5. The Labute approximate surface area is 118 Å². The molecular weight excluding hydrogens is 276 g/mol. The fraction of sp³-hybridized carbons (Fsp3) is 0.231. The lowest BCUT2D eigenvalue weighted by Gasteiger charge is -2.19. The average Bonchev–Trinajstić information content (AvgIpc) is 2.46. The number of nitrogens with two attached hydrogens (primary N) is 1. The lowest BCUT2D eigenvalue weighted by molar-refractivity contribution is 0.419. The zero-order valence-electron chi connectivity index (χ0n) is 11.1. The summed E-state index contributed by atoms with van der Waals surface area (Å²) < 4.78 is 26.3. The van der Waals surface area contributed by atoms with E-state index < -0.39 is 10.0 Å². The molecule has 2 aromatic heterocycles. The summed E-state index contributed by atoms with van der Waals surface area (Å²) in [6, 6.07) is 8.34. The van der Waals surface area contributed by atoms with Crippen LogP contribution in [-0.4, -0.2) is 29.2 Å². The molecule has 106 valence electrons. The van der Waals surface area contributed by atoms with E-state index in [4.69, 9.17) is 5.73 Å². The molecule has 0 saturated heterocycles. The van der Waals surface area contributed by atoms with Crippen LogP contribution in [0, 0.1) is 0 Å². The first-order valence-corrected chi connectivity index (χ1v) is 7.59. The second-order valence-corrected chi connectivity index (χ2v) is 6.11. The van der Waals surface area contributed by atoms with E-state index in [9.17, 15) is 8.42 Å². The van der Waals surface area contributed by atoms with Crippen molar-refractivity contribution >= 4 is 15.8 Å². The molecule has 6 nitrogen and oxygen atoms in total. The fourth-order valence-corrected chi connectivity index (χ4v) is 3.10. The van der Waals surface area contributed by atoms with Crippen molar-refractivity contribution in [1.82, 2.24) is 14.3 Å². The molecule has 0 bridgehead atoms. The van der Waals surface area contributed by atoms with Crippen molar-refractivity contribution in [2.75, 3.05) is 12.3 Å². The van der Waals surface area contributed by atoms with Crippen molar-refractivity contribution < 1.29 is 8.42 Å². The molecule has 0 amide bonds. The number of aromatic nitrogens is 2. The third kappa shape index (κ3) is 3.12. The van der Waals surface area contributed by atoms with Crippen molar-refractivity contribution in [2.45, 2.75) is 18.4 Å². The van der Waals surface area contributed by atoms with Gasteiger partial charge in [0, 0.05) is 18.9 Å². The van der Waals surface area contributed by atoms with Crippen LogP contribution in [0.25, 0.3) is 0 Å². The molecular formula is C13H16N4O2S. The van der Waals surface area contributed by atoms with Gasteiger partial charge in [-0.25, -0.2) is 13.4 Å². The number of rotatable bonds is 5. The Morgan fingerprint density at radius 1 is 1.20 bits per heavy atom. The van der Waals surface area contributed by atoms with Gasteiger partial charge >= 0.3 is 0 Å². The van der Waals surface area contributed by atoms with Gasteiger partial charge in [0.15, 0.2) is 0 Å². The maximum atomic E-state index is 12.5. The number of nitrogens with zero attached hydrogens (tertiary/aromatic N) is 3. The van der Waals surface area contributed by atoms with Crippen molar-refractivity contribution in [2.24, 2.45) is 0 Å². The summed E-state index contributed by atoms with van der Waals surface area (Å²) in [5.74, 6) is 0.289. The number of hydrogen-bond donors (Lipinski definition) is 1. The molecule has 2 heterocycles. The van der Waals surface area contributed by atoms with Gasteiger partial charge in [-0.2, -0.15) is 4.31 Å². The molecule has 2 aromatic rings. The zero-order chi connectivity index (χ0) is 14.6. The number of nitrogen functional groups attached to an aromatic ring is 1. The Bertz CT molecular complexity index is 657. The summed E-state index contributed by atoms with van der Waals surface area (Å²) in [6.07, 6.45) is 2.91. The quantitative estimate of drug-likeness (QED) is 0.896. The van der Waals surface area contributed by atoms with Crippen molar-refractivity contribution in [3.8, 4) is 0 Å². The van der Waals surface area contributed by atoms with E-state index in [2.05, 4.69) is 9.97 Å². The first-order valence-electron chi connectivity index (χ1n) is 6.15. The molecule has 0 unspecified atom stereocenters. The van der Waals surface area contributed by atoms with Crippen LogP contribution in [-0.2, 0) is 16.6 Å². The van der Waals surface area contributed by atoms with Crippen LogP contribution >= 0.6 is 0 Å². The van der Waals surface area contributed by atoms with E-state index in [1.807, 2.05) is 6.07 Å². The monoisotopic (exact) mass is 292 g/mol. The summed E-state index contributed by atoms with van der Waals surface area (Å²) in [5.41, 5.74) is 6.17. The third-order valence-corrected chi connectivity index (χ3v) is 4.72. The van der Waals surface area contributed by atoms with Gasteiger partial charge in [0.1, 0.15) is 10.7 Å². The topological polar surface area (TPSA) is 89.2 Å². The first kappa shape index (κ1) is 14.4. The number of pyridine rings is 2. The Morgan fingerprint density at radius 2 is 2.00 bits per heavy atom. The molecule has 0 spiro atoms. The van der Waals surface area contributed by atoms with E-state index in [1.54, 1.807) is 25.3 Å². The molecule has 7 heteroatoms. The Balaban J connectivity index is 2.28. The first-order chi connectivity index (χ1) is 9.54. The minimum atomic E-state index is -3.59. The molecule has 0 atom stereocenters. The number of sulfonamides is 1. The SMILES string of the molecule is CCN(Cc1ccccn1)S(=O)(=O)c1ccc(N)nc1. The standard InChI is InChI=1S/C13H16N4O2S/c1-2-17(10-11-5-3-4-8-15-11)20(18,19)12-6-7-13(14)16-9-12/h3-9H,2,10H2,1H3,(H2,14,16). The highest BCUT2D eigenvalue weighted by Crippen LogP contribution is 2.17. The Kier molecular flexibility index (Phi) is 4.31. The van der Waals surface area contributed by atoms with Gasteiger partial charge in [-0.1, -0.05) is 13.0 Å². The predicted octanol–water partition coefficient (Wildman–Crippen LogP) is 1.27. The molecule has 0 aliphatic heterocycles. The van der Waals surface area contributed by atoms with Gasteiger partial charge in [-0.15, -0.1) is 0 Å². The van der Waals surface area contributed by atoms with E-state index in [-0.39, 0.29) is 17.3 Å². The van der Waals surface area contributed by atoms with Crippen LogP contribution in [0.2, 0.25) is 0 Å². The Hall–Kier alpha value is -1.99. The minimum Gasteiger partial charge on any atom is -0.384 e. The van der Waals surface area contributed by atoms with E-state index in [1.165, 1.54) is 22.6 Å². The second kappa shape index (κ2) is 5.98. The summed E-state index contributed by atoms with van der Waals surface area (Å²) >= 11 is 0. The fourth-order valence-electron chi connectivity index (χ4n) is 1.73. The van der Waals surface area contributed by atoms with Crippen LogP contribution < -0.4 is 5.73 Å². The molecule has 0 fully saturated rings. The highest BCUT2D eigenvalue weighted by atomic mass is 32.2. The maximum Gasteiger partial charge on any atom is 0.244 e. The summed E-state index contributed by atoms with van der Waals surface area (Å²) in [5, 5.41) is 0. The summed E-state index contributed by atoms with van der Waals surface area (Å²) in [6.45, 7) is 2.36. The van der Waals surface area contributed by atoms with Crippen LogP contribution in [0.15, 0.2) is 47.6 Å². The van der Waals surface area contributed by atoms with Gasteiger partial charge in [0.05, 0.1) is 12.2 Å². The molecule has 0 aliphatic carbocycles. The normalized spacial score (nSPS) is 11.7. The summed E-state index contributed by atoms with van der Waals surface area (Å²) in [4.78, 5) is 8.10. The van der Waals surface area contributed by atoms with Gasteiger partial charge in [0.2, 0.25) is 10.0 Å². The van der Waals surface area contributed by atoms with Gasteiger partial charge < -0.3 is 5.73 Å².